The van der Waals surface area contributed by atoms with E-state index in [2.05, 4.69) is 4.98 Å². The van der Waals surface area contributed by atoms with Gasteiger partial charge >= 0.3 is 6.18 Å². The van der Waals surface area contributed by atoms with Crippen LogP contribution in [0.2, 0.25) is 0 Å². The average Bonchev–Trinajstić information content (AvgIpc) is 3.08. The normalized spacial score (nSPS) is 22.5. The predicted molar refractivity (Wildman–Crippen MR) is 83.5 cm³/mol. The summed E-state index contributed by atoms with van der Waals surface area (Å²) in [7, 11) is 0. The van der Waals surface area contributed by atoms with E-state index < -0.39 is 11.7 Å². The Morgan fingerprint density at radius 3 is 2.48 bits per heavy atom. The minimum Gasteiger partial charge on any atom is -0.353 e. The summed E-state index contributed by atoms with van der Waals surface area (Å²) < 4.78 is 37.7. The van der Waals surface area contributed by atoms with Gasteiger partial charge in [0, 0.05) is 32.4 Å². The first-order chi connectivity index (χ1) is 10.9. The fourth-order valence-corrected chi connectivity index (χ4v) is 4.12. The van der Waals surface area contributed by atoms with Gasteiger partial charge in [-0.25, -0.2) is 4.98 Å². The lowest BCUT2D eigenvalue weighted by molar-refractivity contribution is -0.137. The Morgan fingerprint density at radius 1 is 1.22 bits per heavy atom. The second-order valence-electron chi connectivity index (χ2n) is 5.72. The number of amides is 1. The molecule has 3 heterocycles. The maximum absolute atomic E-state index is 12.6. The smallest absolute Gasteiger partial charge is 0.353 e. The number of rotatable bonds is 2. The molecule has 1 aromatic rings. The summed E-state index contributed by atoms with van der Waals surface area (Å²) in [6, 6.07) is 2.45. The second-order valence-corrected chi connectivity index (χ2v) is 7.03. The Balaban J connectivity index is 1.57. The molecule has 2 fully saturated rings. The van der Waals surface area contributed by atoms with E-state index in [1.165, 1.54) is 6.07 Å². The van der Waals surface area contributed by atoms with Gasteiger partial charge in [0.25, 0.3) is 0 Å². The van der Waals surface area contributed by atoms with Crippen molar-refractivity contribution in [2.75, 3.05) is 36.8 Å². The summed E-state index contributed by atoms with van der Waals surface area (Å²) in [6.07, 6.45) is -1.46. The summed E-state index contributed by atoms with van der Waals surface area (Å²) >= 11 is 1.72. The summed E-state index contributed by atoms with van der Waals surface area (Å²) in [5.74, 6) is 1.78. The number of carbonyl (C=O) groups is 1. The molecule has 0 N–H and O–H groups in total. The maximum atomic E-state index is 12.6. The fraction of sp³-hybridized carbons (Fsp3) is 0.600. The van der Waals surface area contributed by atoms with Crippen LogP contribution in [0.4, 0.5) is 19.0 Å². The van der Waals surface area contributed by atoms with Crippen molar-refractivity contribution in [1.29, 1.82) is 0 Å². The third-order valence-electron chi connectivity index (χ3n) is 4.20. The van der Waals surface area contributed by atoms with Gasteiger partial charge in [-0.15, -0.1) is 11.8 Å². The molecule has 8 heteroatoms. The fourth-order valence-electron chi connectivity index (χ4n) is 2.87. The number of halogens is 3. The van der Waals surface area contributed by atoms with Crippen LogP contribution in [0.5, 0.6) is 0 Å². The first kappa shape index (κ1) is 16.4. The van der Waals surface area contributed by atoms with Crippen LogP contribution in [-0.4, -0.2) is 53.0 Å². The van der Waals surface area contributed by atoms with Gasteiger partial charge in [-0.05, 0) is 30.7 Å². The second kappa shape index (κ2) is 6.59. The van der Waals surface area contributed by atoms with Crippen molar-refractivity contribution < 1.29 is 18.0 Å². The van der Waals surface area contributed by atoms with Crippen LogP contribution in [0, 0.1) is 0 Å². The van der Waals surface area contributed by atoms with Gasteiger partial charge in [-0.3, -0.25) is 4.79 Å². The van der Waals surface area contributed by atoms with Crippen LogP contribution in [0.1, 0.15) is 18.4 Å². The van der Waals surface area contributed by atoms with Gasteiger partial charge in [0.1, 0.15) is 5.82 Å². The van der Waals surface area contributed by atoms with Gasteiger partial charge in [0.05, 0.1) is 10.8 Å². The maximum Gasteiger partial charge on any atom is 0.417 e. The highest BCUT2D eigenvalue weighted by atomic mass is 32.2. The molecule has 1 unspecified atom stereocenters. The molecule has 3 rings (SSSR count). The Labute approximate surface area is 137 Å². The molecule has 1 aromatic heterocycles. The number of carbonyl (C=O) groups excluding carboxylic acids is 1. The number of piperazine rings is 1. The zero-order valence-electron chi connectivity index (χ0n) is 12.6. The van der Waals surface area contributed by atoms with Crippen LogP contribution < -0.4 is 4.90 Å². The number of nitrogens with zero attached hydrogens (tertiary/aromatic N) is 3. The molecule has 0 radical (unpaired) electrons. The number of alkyl halides is 3. The van der Waals surface area contributed by atoms with Crippen molar-refractivity contribution >= 4 is 23.5 Å². The highest BCUT2D eigenvalue weighted by molar-refractivity contribution is 8.00. The van der Waals surface area contributed by atoms with E-state index in [1.54, 1.807) is 11.8 Å². The van der Waals surface area contributed by atoms with E-state index in [-0.39, 0.29) is 11.2 Å². The van der Waals surface area contributed by atoms with Gasteiger partial charge < -0.3 is 9.80 Å². The van der Waals surface area contributed by atoms with E-state index in [0.29, 0.717) is 32.0 Å². The van der Waals surface area contributed by atoms with E-state index in [9.17, 15) is 18.0 Å². The van der Waals surface area contributed by atoms with Crippen LogP contribution in [0.3, 0.4) is 0 Å². The van der Waals surface area contributed by atoms with Crippen LogP contribution in [0.15, 0.2) is 18.3 Å². The monoisotopic (exact) mass is 345 g/mol. The van der Waals surface area contributed by atoms with E-state index in [1.807, 2.05) is 9.80 Å². The van der Waals surface area contributed by atoms with Crippen molar-refractivity contribution in [3.63, 3.8) is 0 Å². The molecule has 126 valence electrons. The highest BCUT2D eigenvalue weighted by Gasteiger charge is 2.32. The predicted octanol–water partition coefficient (Wildman–Crippen LogP) is 2.64. The van der Waals surface area contributed by atoms with Crippen molar-refractivity contribution in [1.82, 2.24) is 9.88 Å². The molecule has 23 heavy (non-hydrogen) atoms. The summed E-state index contributed by atoms with van der Waals surface area (Å²) in [5, 5.41) is 0.0887. The first-order valence-corrected chi connectivity index (χ1v) is 8.68. The molecule has 2 aliphatic rings. The number of thioether (sulfide) groups is 1. The summed E-state index contributed by atoms with van der Waals surface area (Å²) in [6.45, 7) is 2.39. The third-order valence-corrected chi connectivity index (χ3v) is 5.56. The highest BCUT2D eigenvalue weighted by Crippen LogP contribution is 2.30. The quantitative estimate of drug-likeness (QED) is 0.826. The van der Waals surface area contributed by atoms with E-state index >= 15 is 0 Å². The topological polar surface area (TPSA) is 36.4 Å². The molecule has 2 aliphatic heterocycles. The SMILES string of the molecule is O=C(C1CCCS1)N1CCN(c2ccc(C(F)(F)F)cn2)CC1. The standard InChI is InChI=1S/C15H18F3N3OS/c16-15(17,18)11-3-4-13(19-10-11)20-5-7-21(8-6-20)14(22)12-2-1-9-23-12/h3-4,10,12H,1-2,5-9H2. The Morgan fingerprint density at radius 2 is 1.96 bits per heavy atom. The molecule has 1 atom stereocenters. The number of pyridine rings is 1. The largest absolute Gasteiger partial charge is 0.417 e. The molecular weight excluding hydrogens is 327 g/mol. The Bertz CT molecular complexity index is 550. The molecule has 0 saturated carbocycles. The molecule has 4 nitrogen and oxygen atoms in total. The summed E-state index contributed by atoms with van der Waals surface area (Å²) in [5.41, 5.74) is -0.742. The Kier molecular flexibility index (Phi) is 4.70. The molecule has 0 spiro atoms. The molecule has 1 amide bonds. The number of hydrogen-bond donors (Lipinski definition) is 0. The first-order valence-electron chi connectivity index (χ1n) is 7.64. The van der Waals surface area contributed by atoms with E-state index in [0.717, 1.165) is 30.9 Å². The lowest BCUT2D eigenvalue weighted by atomic mass is 10.2. The molecular formula is C15H18F3N3OS. The molecule has 2 saturated heterocycles. The van der Waals surface area contributed by atoms with Crippen molar-refractivity contribution in [3.8, 4) is 0 Å². The lowest BCUT2D eigenvalue weighted by Crippen LogP contribution is -2.51. The number of aromatic nitrogens is 1. The van der Waals surface area contributed by atoms with Crippen molar-refractivity contribution in [2.45, 2.75) is 24.3 Å². The molecule has 0 aliphatic carbocycles. The van der Waals surface area contributed by atoms with E-state index in [4.69, 9.17) is 0 Å². The van der Waals surface area contributed by atoms with Crippen LogP contribution in [-0.2, 0) is 11.0 Å². The average molecular weight is 345 g/mol. The zero-order chi connectivity index (χ0) is 16.4. The van der Waals surface area contributed by atoms with Crippen LogP contribution >= 0.6 is 11.8 Å². The van der Waals surface area contributed by atoms with Gasteiger partial charge in [0.15, 0.2) is 0 Å². The van der Waals surface area contributed by atoms with Crippen molar-refractivity contribution in [3.05, 3.63) is 23.9 Å². The minimum absolute atomic E-state index is 0.0887. The molecule has 0 bridgehead atoms. The summed E-state index contributed by atoms with van der Waals surface area (Å²) in [4.78, 5) is 20.0. The lowest BCUT2D eigenvalue weighted by Gasteiger charge is -2.36. The van der Waals surface area contributed by atoms with Crippen molar-refractivity contribution in [2.24, 2.45) is 0 Å². The van der Waals surface area contributed by atoms with Crippen LogP contribution in [0.25, 0.3) is 0 Å². The third kappa shape index (κ3) is 3.73. The Hall–Kier alpha value is -1.44. The zero-order valence-corrected chi connectivity index (χ0v) is 13.4. The van der Waals surface area contributed by atoms with Gasteiger partial charge in [0.2, 0.25) is 5.91 Å². The minimum atomic E-state index is -4.37. The van der Waals surface area contributed by atoms with Gasteiger partial charge in [-0.1, -0.05) is 0 Å². The number of hydrogen-bond acceptors (Lipinski definition) is 4. The van der Waals surface area contributed by atoms with Gasteiger partial charge in [-0.2, -0.15) is 13.2 Å². The number of anilines is 1. The molecule has 0 aromatic carbocycles.